The fraction of sp³-hybridized carbons (Fsp3) is 0.111. The number of ether oxygens (including phenoxy) is 2. The molecule has 0 bridgehead atoms. The summed E-state index contributed by atoms with van der Waals surface area (Å²) in [7, 11) is 1.80. The first-order valence-corrected chi connectivity index (χ1v) is 7.60. The molecular formula is C18H14FN3O3. The predicted molar refractivity (Wildman–Crippen MR) is 89.1 cm³/mol. The van der Waals surface area contributed by atoms with Crippen LogP contribution in [0.5, 0.6) is 11.5 Å². The van der Waals surface area contributed by atoms with Gasteiger partial charge in [0.1, 0.15) is 5.82 Å². The Morgan fingerprint density at radius 1 is 1.16 bits per heavy atom. The van der Waals surface area contributed by atoms with Crippen molar-refractivity contribution in [1.29, 1.82) is 0 Å². The summed E-state index contributed by atoms with van der Waals surface area (Å²) in [6.07, 6.45) is 1.66. The van der Waals surface area contributed by atoms with Crippen LogP contribution in [0.25, 0.3) is 11.3 Å². The maximum Gasteiger partial charge on any atom is 0.257 e. The maximum absolute atomic E-state index is 13.0. The molecule has 0 spiro atoms. The van der Waals surface area contributed by atoms with Gasteiger partial charge in [-0.2, -0.15) is 0 Å². The molecule has 126 valence electrons. The normalized spacial score (nSPS) is 12.2. The van der Waals surface area contributed by atoms with Crippen LogP contribution in [0.2, 0.25) is 0 Å². The number of halogens is 1. The van der Waals surface area contributed by atoms with Crippen molar-refractivity contribution < 1.29 is 18.7 Å². The van der Waals surface area contributed by atoms with Gasteiger partial charge in [-0.25, -0.2) is 9.37 Å². The van der Waals surface area contributed by atoms with Gasteiger partial charge >= 0.3 is 0 Å². The van der Waals surface area contributed by atoms with E-state index in [-0.39, 0.29) is 12.7 Å². The Morgan fingerprint density at radius 3 is 2.72 bits per heavy atom. The SMILES string of the molecule is Cn1c(-c2ccc3c(c2)OCO3)cnc1NC(=O)c1ccc(F)cc1. The van der Waals surface area contributed by atoms with Crippen molar-refractivity contribution in [2.75, 3.05) is 12.1 Å². The number of anilines is 1. The molecule has 0 unspecified atom stereocenters. The molecular weight excluding hydrogens is 325 g/mol. The molecule has 0 fully saturated rings. The Labute approximate surface area is 142 Å². The van der Waals surface area contributed by atoms with E-state index in [9.17, 15) is 9.18 Å². The second kappa shape index (κ2) is 5.94. The van der Waals surface area contributed by atoms with Crippen molar-refractivity contribution in [2.45, 2.75) is 0 Å². The van der Waals surface area contributed by atoms with E-state index in [1.165, 1.54) is 24.3 Å². The number of hydrogen-bond donors (Lipinski definition) is 1. The van der Waals surface area contributed by atoms with E-state index in [1.54, 1.807) is 17.8 Å². The van der Waals surface area contributed by atoms with Crippen LogP contribution in [0.3, 0.4) is 0 Å². The standard InChI is InChI=1S/C18H14FN3O3/c1-22-14(12-4-7-15-16(8-12)25-10-24-15)9-20-18(22)21-17(23)11-2-5-13(19)6-3-11/h2-9H,10H2,1H3,(H,20,21,23). The lowest BCUT2D eigenvalue weighted by Crippen LogP contribution is -2.15. The van der Waals surface area contributed by atoms with Crippen molar-refractivity contribution in [2.24, 2.45) is 7.05 Å². The molecule has 2 aromatic carbocycles. The summed E-state index contributed by atoms with van der Waals surface area (Å²) in [5.41, 5.74) is 2.06. The topological polar surface area (TPSA) is 65.4 Å². The smallest absolute Gasteiger partial charge is 0.257 e. The van der Waals surface area contributed by atoms with Gasteiger partial charge in [-0.05, 0) is 42.5 Å². The molecule has 1 aliphatic rings. The van der Waals surface area contributed by atoms with Crippen molar-refractivity contribution in [3.63, 3.8) is 0 Å². The third-order valence-corrected chi connectivity index (χ3v) is 3.99. The summed E-state index contributed by atoms with van der Waals surface area (Å²) in [6.45, 7) is 0.211. The quantitative estimate of drug-likeness (QED) is 0.796. The summed E-state index contributed by atoms with van der Waals surface area (Å²) in [4.78, 5) is 16.5. The van der Waals surface area contributed by atoms with Gasteiger partial charge in [0.15, 0.2) is 11.5 Å². The minimum atomic E-state index is -0.390. The Bertz CT molecular complexity index is 951. The summed E-state index contributed by atoms with van der Waals surface area (Å²) < 4.78 is 25.4. The number of carbonyl (C=O) groups is 1. The number of rotatable bonds is 3. The first kappa shape index (κ1) is 15.2. The van der Waals surface area contributed by atoms with E-state index in [1.807, 2.05) is 18.2 Å². The molecule has 0 radical (unpaired) electrons. The van der Waals surface area contributed by atoms with Gasteiger partial charge in [-0.1, -0.05) is 0 Å². The first-order valence-electron chi connectivity index (χ1n) is 7.60. The number of fused-ring (bicyclic) bond motifs is 1. The Kier molecular flexibility index (Phi) is 3.61. The van der Waals surface area contributed by atoms with E-state index in [2.05, 4.69) is 10.3 Å². The van der Waals surface area contributed by atoms with E-state index in [0.29, 0.717) is 23.0 Å². The summed E-state index contributed by atoms with van der Waals surface area (Å²) >= 11 is 0. The van der Waals surface area contributed by atoms with Crippen LogP contribution in [0.15, 0.2) is 48.7 Å². The predicted octanol–water partition coefficient (Wildman–Crippen LogP) is 3.21. The lowest BCUT2D eigenvalue weighted by atomic mass is 10.1. The molecule has 0 saturated carbocycles. The molecule has 0 aliphatic carbocycles. The van der Waals surface area contributed by atoms with Crippen molar-refractivity contribution in [1.82, 2.24) is 9.55 Å². The highest BCUT2D eigenvalue weighted by Gasteiger charge is 2.17. The van der Waals surface area contributed by atoms with Crippen LogP contribution in [-0.4, -0.2) is 22.3 Å². The van der Waals surface area contributed by atoms with Gasteiger partial charge in [0.05, 0.1) is 11.9 Å². The fourth-order valence-corrected chi connectivity index (χ4v) is 2.62. The van der Waals surface area contributed by atoms with E-state index in [0.717, 1.165) is 11.3 Å². The number of amides is 1. The zero-order valence-electron chi connectivity index (χ0n) is 13.3. The summed E-state index contributed by atoms with van der Waals surface area (Å²) in [5, 5.41) is 2.72. The molecule has 4 rings (SSSR count). The first-order chi connectivity index (χ1) is 12.1. The third-order valence-electron chi connectivity index (χ3n) is 3.99. The molecule has 0 saturated heterocycles. The Morgan fingerprint density at radius 2 is 1.92 bits per heavy atom. The van der Waals surface area contributed by atoms with Crippen LogP contribution < -0.4 is 14.8 Å². The van der Waals surface area contributed by atoms with Crippen LogP contribution in [0.1, 0.15) is 10.4 Å². The average molecular weight is 339 g/mol. The van der Waals surface area contributed by atoms with Crippen LogP contribution in [0.4, 0.5) is 10.3 Å². The summed E-state index contributed by atoms with van der Waals surface area (Å²) in [5.74, 6) is 1.03. The van der Waals surface area contributed by atoms with Crippen molar-refractivity contribution >= 4 is 11.9 Å². The highest BCUT2D eigenvalue weighted by atomic mass is 19.1. The molecule has 7 heteroatoms. The molecule has 25 heavy (non-hydrogen) atoms. The zero-order valence-corrected chi connectivity index (χ0v) is 13.3. The average Bonchev–Trinajstić information content (AvgIpc) is 3.22. The molecule has 1 aliphatic heterocycles. The zero-order chi connectivity index (χ0) is 17.4. The van der Waals surface area contributed by atoms with Gasteiger partial charge in [0.25, 0.3) is 5.91 Å². The molecule has 3 aromatic rings. The lowest BCUT2D eigenvalue weighted by Gasteiger charge is -2.08. The number of aromatic nitrogens is 2. The van der Waals surface area contributed by atoms with Crippen LogP contribution in [-0.2, 0) is 7.05 Å². The van der Waals surface area contributed by atoms with Gasteiger partial charge in [0.2, 0.25) is 12.7 Å². The van der Waals surface area contributed by atoms with Gasteiger partial charge < -0.3 is 14.0 Å². The Hall–Kier alpha value is -3.35. The molecule has 1 aromatic heterocycles. The van der Waals surface area contributed by atoms with Gasteiger partial charge in [-0.3, -0.25) is 10.1 Å². The second-order valence-electron chi connectivity index (χ2n) is 5.56. The van der Waals surface area contributed by atoms with Crippen molar-refractivity contribution in [3.05, 3.63) is 60.0 Å². The third kappa shape index (κ3) is 2.80. The Balaban J connectivity index is 1.59. The number of nitrogens with one attached hydrogen (secondary N) is 1. The molecule has 1 amide bonds. The highest BCUT2D eigenvalue weighted by molar-refractivity contribution is 6.03. The minimum Gasteiger partial charge on any atom is -0.454 e. The second-order valence-corrected chi connectivity index (χ2v) is 5.56. The number of imidazole rings is 1. The largest absolute Gasteiger partial charge is 0.454 e. The van der Waals surface area contributed by atoms with Crippen LogP contribution in [0, 0.1) is 5.82 Å². The van der Waals surface area contributed by atoms with Crippen LogP contribution >= 0.6 is 0 Å². The maximum atomic E-state index is 13.0. The number of benzene rings is 2. The van der Waals surface area contributed by atoms with Gasteiger partial charge in [-0.15, -0.1) is 0 Å². The fourth-order valence-electron chi connectivity index (χ4n) is 2.62. The lowest BCUT2D eigenvalue weighted by molar-refractivity contribution is 0.102. The molecule has 0 atom stereocenters. The number of nitrogens with zero attached hydrogens (tertiary/aromatic N) is 2. The van der Waals surface area contributed by atoms with E-state index in [4.69, 9.17) is 9.47 Å². The van der Waals surface area contributed by atoms with Gasteiger partial charge in [0, 0.05) is 18.2 Å². The molecule has 2 heterocycles. The molecule has 6 nitrogen and oxygen atoms in total. The van der Waals surface area contributed by atoms with E-state index < -0.39 is 5.82 Å². The van der Waals surface area contributed by atoms with Crippen molar-refractivity contribution in [3.8, 4) is 22.8 Å². The molecule has 1 N–H and O–H groups in total. The minimum absolute atomic E-state index is 0.211. The number of hydrogen-bond acceptors (Lipinski definition) is 4. The highest BCUT2D eigenvalue weighted by Crippen LogP contribution is 2.36. The van der Waals surface area contributed by atoms with E-state index >= 15 is 0 Å². The monoisotopic (exact) mass is 339 g/mol. The number of carbonyl (C=O) groups excluding carboxylic acids is 1. The summed E-state index contributed by atoms with van der Waals surface area (Å²) in [6, 6.07) is 10.9.